The zero-order valence-electron chi connectivity index (χ0n) is 15.8. The summed E-state index contributed by atoms with van der Waals surface area (Å²) in [5.41, 5.74) is 3.72. The second-order valence-electron chi connectivity index (χ2n) is 6.91. The Hall–Kier alpha value is -2.69. The van der Waals surface area contributed by atoms with E-state index < -0.39 is 0 Å². The second kappa shape index (κ2) is 7.68. The molecular formula is C21H25N3O2. The molecule has 0 atom stereocenters. The minimum absolute atomic E-state index is 0.00342. The zero-order chi connectivity index (χ0) is 18.7. The number of amides is 1. The summed E-state index contributed by atoms with van der Waals surface area (Å²) in [6.45, 7) is 9.31. The summed E-state index contributed by atoms with van der Waals surface area (Å²) in [5, 5.41) is 4.74. The van der Waals surface area contributed by atoms with E-state index in [2.05, 4.69) is 30.9 Å². The summed E-state index contributed by atoms with van der Waals surface area (Å²) >= 11 is 0. The Balaban J connectivity index is 2.04. The molecule has 0 aliphatic heterocycles. The maximum atomic E-state index is 13.4. The van der Waals surface area contributed by atoms with E-state index >= 15 is 0 Å². The van der Waals surface area contributed by atoms with Gasteiger partial charge >= 0.3 is 0 Å². The molecule has 0 aliphatic carbocycles. The van der Waals surface area contributed by atoms with Crippen molar-refractivity contribution in [3.63, 3.8) is 0 Å². The van der Waals surface area contributed by atoms with Crippen LogP contribution in [0.15, 0.2) is 40.9 Å². The standard InChI is InChI=1S/C21H25N3O2/c1-5-11-24(13-16-9-7-6-8-10-16)21(25)17-12-18(14(2)3)22-20-19(17)15(4)23-26-20/h6-10,12,14H,5,11,13H2,1-4H3. The molecule has 3 aromatic rings. The van der Waals surface area contributed by atoms with Crippen LogP contribution in [0, 0.1) is 6.92 Å². The first-order valence-corrected chi connectivity index (χ1v) is 9.11. The first kappa shape index (κ1) is 18.1. The van der Waals surface area contributed by atoms with Crippen molar-refractivity contribution in [3.05, 3.63) is 58.9 Å². The third kappa shape index (κ3) is 3.62. The van der Waals surface area contributed by atoms with E-state index in [0.717, 1.165) is 17.7 Å². The minimum atomic E-state index is -0.00342. The van der Waals surface area contributed by atoms with Gasteiger partial charge in [0.15, 0.2) is 0 Å². The molecule has 0 saturated carbocycles. The van der Waals surface area contributed by atoms with Crippen LogP contribution in [0.25, 0.3) is 11.1 Å². The minimum Gasteiger partial charge on any atom is -0.336 e. The number of aryl methyl sites for hydroxylation is 1. The quantitative estimate of drug-likeness (QED) is 0.645. The molecular weight excluding hydrogens is 326 g/mol. The molecule has 0 aliphatic rings. The summed E-state index contributed by atoms with van der Waals surface area (Å²) in [6.07, 6.45) is 0.895. The summed E-state index contributed by atoms with van der Waals surface area (Å²) in [4.78, 5) is 19.8. The predicted octanol–water partition coefficient (Wildman–Crippen LogP) is 4.71. The first-order chi connectivity index (χ1) is 12.5. The molecule has 3 rings (SSSR count). The lowest BCUT2D eigenvalue weighted by Crippen LogP contribution is -2.31. The van der Waals surface area contributed by atoms with Crippen molar-refractivity contribution in [1.29, 1.82) is 0 Å². The topological polar surface area (TPSA) is 59.2 Å². The largest absolute Gasteiger partial charge is 0.336 e. The number of hydrogen-bond donors (Lipinski definition) is 0. The fourth-order valence-corrected chi connectivity index (χ4v) is 3.07. The Morgan fingerprint density at radius 1 is 1.23 bits per heavy atom. The molecule has 5 heteroatoms. The van der Waals surface area contributed by atoms with E-state index in [1.165, 1.54) is 0 Å². The number of pyridine rings is 1. The Bertz CT molecular complexity index is 900. The van der Waals surface area contributed by atoms with Crippen LogP contribution in [-0.2, 0) is 6.54 Å². The number of hydrogen-bond acceptors (Lipinski definition) is 4. The van der Waals surface area contributed by atoms with Crippen LogP contribution in [0.5, 0.6) is 0 Å². The number of aromatic nitrogens is 2. The maximum Gasteiger partial charge on any atom is 0.259 e. The molecule has 0 saturated heterocycles. The normalized spacial score (nSPS) is 11.3. The van der Waals surface area contributed by atoms with E-state index in [1.54, 1.807) is 0 Å². The van der Waals surface area contributed by atoms with Gasteiger partial charge < -0.3 is 9.42 Å². The first-order valence-electron chi connectivity index (χ1n) is 9.11. The predicted molar refractivity (Wildman–Crippen MR) is 102 cm³/mol. The Morgan fingerprint density at radius 3 is 2.62 bits per heavy atom. The molecule has 1 aromatic carbocycles. The average molecular weight is 351 g/mol. The SMILES string of the molecule is CCCN(Cc1ccccc1)C(=O)c1cc(C(C)C)nc2onc(C)c12. The molecule has 5 nitrogen and oxygen atoms in total. The molecule has 0 unspecified atom stereocenters. The van der Waals surface area contributed by atoms with Gasteiger partial charge in [0.25, 0.3) is 11.6 Å². The van der Waals surface area contributed by atoms with Gasteiger partial charge in [-0.3, -0.25) is 4.79 Å². The van der Waals surface area contributed by atoms with Crippen LogP contribution in [0.4, 0.5) is 0 Å². The molecule has 136 valence electrons. The molecule has 26 heavy (non-hydrogen) atoms. The van der Waals surface area contributed by atoms with Crippen molar-refractivity contribution in [1.82, 2.24) is 15.0 Å². The van der Waals surface area contributed by atoms with Gasteiger partial charge in [0.05, 0.1) is 16.6 Å². The van der Waals surface area contributed by atoms with Crippen LogP contribution in [0.2, 0.25) is 0 Å². The summed E-state index contributed by atoms with van der Waals surface area (Å²) in [5.74, 6) is 0.196. The van der Waals surface area contributed by atoms with Gasteiger partial charge in [-0.15, -0.1) is 0 Å². The van der Waals surface area contributed by atoms with Crippen LogP contribution in [-0.4, -0.2) is 27.5 Å². The number of carbonyl (C=O) groups is 1. The molecule has 0 radical (unpaired) electrons. The van der Waals surface area contributed by atoms with Crippen LogP contribution in [0.1, 0.15) is 60.4 Å². The maximum absolute atomic E-state index is 13.4. The molecule has 0 fully saturated rings. The van der Waals surface area contributed by atoms with E-state index in [9.17, 15) is 4.79 Å². The third-order valence-electron chi connectivity index (χ3n) is 4.46. The lowest BCUT2D eigenvalue weighted by atomic mass is 10.0. The highest BCUT2D eigenvalue weighted by molar-refractivity contribution is 6.06. The highest BCUT2D eigenvalue weighted by atomic mass is 16.5. The average Bonchev–Trinajstić information content (AvgIpc) is 3.02. The molecule has 0 N–H and O–H groups in total. The van der Waals surface area contributed by atoms with Crippen LogP contribution < -0.4 is 0 Å². The number of carbonyl (C=O) groups excluding carboxylic acids is 1. The van der Waals surface area contributed by atoms with Crippen molar-refractivity contribution in [2.24, 2.45) is 0 Å². The van der Waals surface area contributed by atoms with Crippen molar-refractivity contribution < 1.29 is 9.32 Å². The third-order valence-corrected chi connectivity index (χ3v) is 4.46. The van der Waals surface area contributed by atoms with Crippen molar-refractivity contribution >= 4 is 17.0 Å². The second-order valence-corrected chi connectivity index (χ2v) is 6.91. The van der Waals surface area contributed by atoms with Crippen molar-refractivity contribution in [2.45, 2.75) is 46.6 Å². The number of nitrogens with zero attached hydrogens (tertiary/aromatic N) is 3. The summed E-state index contributed by atoms with van der Waals surface area (Å²) in [7, 11) is 0. The highest BCUT2D eigenvalue weighted by Gasteiger charge is 2.23. The Labute approximate surface area is 154 Å². The fourth-order valence-electron chi connectivity index (χ4n) is 3.07. The Kier molecular flexibility index (Phi) is 5.35. The molecule has 0 spiro atoms. The van der Waals surface area contributed by atoms with E-state index in [4.69, 9.17) is 4.52 Å². The lowest BCUT2D eigenvalue weighted by molar-refractivity contribution is 0.0745. The van der Waals surface area contributed by atoms with Crippen molar-refractivity contribution in [3.8, 4) is 0 Å². The molecule has 0 bridgehead atoms. The van der Waals surface area contributed by atoms with Gasteiger partial charge in [-0.05, 0) is 30.9 Å². The molecule has 2 aromatic heterocycles. The lowest BCUT2D eigenvalue weighted by Gasteiger charge is -2.23. The number of fused-ring (bicyclic) bond motifs is 1. The van der Waals surface area contributed by atoms with Crippen LogP contribution >= 0.6 is 0 Å². The van der Waals surface area contributed by atoms with Crippen LogP contribution in [0.3, 0.4) is 0 Å². The van der Waals surface area contributed by atoms with Gasteiger partial charge in [-0.25, -0.2) is 4.98 Å². The molecule has 1 amide bonds. The summed E-state index contributed by atoms with van der Waals surface area (Å²) < 4.78 is 5.36. The smallest absolute Gasteiger partial charge is 0.259 e. The summed E-state index contributed by atoms with van der Waals surface area (Å²) in [6, 6.07) is 12.0. The number of benzene rings is 1. The van der Waals surface area contributed by atoms with E-state index in [1.807, 2.05) is 48.2 Å². The van der Waals surface area contributed by atoms with Gasteiger partial charge in [0, 0.05) is 18.8 Å². The highest BCUT2D eigenvalue weighted by Crippen LogP contribution is 2.26. The van der Waals surface area contributed by atoms with Crippen molar-refractivity contribution in [2.75, 3.05) is 6.54 Å². The fraction of sp³-hybridized carbons (Fsp3) is 0.381. The molecule has 2 heterocycles. The Morgan fingerprint density at radius 2 is 1.96 bits per heavy atom. The van der Waals surface area contributed by atoms with Gasteiger partial charge in [0.1, 0.15) is 0 Å². The zero-order valence-corrected chi connectivity index (χ0v) is 15.8. The van der Waals surface area contributed by atoms with Gasteiger partial charge in [0.2, 0.25) is 0 Å². The van der Waals surface area contributed by atoms with E-state index in [-0.39, 0.29) is 11.8 Å². The van der Waals surface area contributed by atoms with Gasteiger partial charge in [-0.1, -0.05) is 56.3 Å². The number of rotatable bonds is 6. The monoisotopic (exact) mass is 351 g/mol. The van der Waals surface area contributed by atoms with Gasteiger partial charge in [-0.2, -0.15) is 0 Å². The van der Waals surface area contributed by atoms with E-state index in [0.29, 0.717) is 35.4 Å².